The smallest absolute Gasteiger partial charge is 0.323 e. The second kappa shape index (κ2) is 9.51. The summed E-state index contributed by atoms with van der Waals surface area (Å²) in [6.45, 7) is 4.03. The van der Waals surface area contributed by atoms with E-state index in [-0.39, 0.29) is 24.5 Å². The van der Waals surface area contributed by atoms with E-state index in [1.54, 1.807) is 13.8 Å². The average Bonchev–Trinajstić information content (AvgIpc) is 3.14. The largest absolute Gasteiger partial charge is 0.465 e. The fourth-order valence-electron chi connectivity index (χ4n) is 3.65. The molecule has 0 fully saturated rings. The van der Waals surface area contributed by atoms with Gasteiger partial charge in [-0.25, -0.2) is 0 Å². The minimum atomic E-state index is -0.609. The van der Waals surface area contributed by atoms with Gasteiger partial charge >= 0.3 is 11.9 Å². The number of esters is 2. The minimum Gasteiger partial charge on any atom is -0.465 e. The summed E-state index contributed by atoms with van der Waals surface area (Å²) in [5, 5.41) is 3.17. The summed E-state index contributed by atoms with van der Waals surface area (Å²) in [7, 11) is 0. The van der Waals surface area contributed by atoms with Gasteiger partial charge in [-0.2, -0.15) is 0 Å². The van der Waals surface area contributed by atoms with Gasteiger partial charge in [0.25, 0.3) is 0 Å². The number of hydrogen-bond donors (Lipinski definition) is 1. The first-order chi connectivity index (χ1) is 13.6. The van der Waals surface area contributed by atoms with Crippen LogP contribution < -0.4 is 5.32 Å². The van der Waals surface area contributed by atoms with E-state index in [1.807, 2.05) is 42.5 Å². The molecule has 0 spiro atoms. The van der Waals surface area contributed by atoms with Crippen LogP contribution in [0.15, 0.2) is 54.6 Å². The highest BCUT2D eigenvalue weighted by Gasteiger charge is 2.36. The van der Waals surface area contributed by atoms with Crippen LogP contribution in [-0.4, -0.2) is 30.6 Å². The number of carbonyl (C=O) groups is 2. The van der Waals surface area contributed by atoms with Crippen molar-refractivity contribution in [2.24, 2.45) is 5.92 Å². The van der Waals surface area contributed by atoms with Gasteiger partial charge in [0, 0.05) is 0 Å². The molecular weight excluding hydrogens is 354 g/mol. The predicted octanol–water partition coefficient (Wildman–Crippen LogP) is 3.05. The fraction of sp³-hybridized carbons (Fsp3) is 0.391. The van der Waals surface area contributed by atoms with E-state index in [4.69, 9.17) is 9.47 Å². The van der Waals surface area contributed by atoms with Crippen molar-refractivity contribution in [2.45, 2.75) is 45.4 Å². The molecule has 0 heterocycles. The van der Waals surface area contributed by atoms with Crippen molar-refractivity contribution in [1.29, 1.82) is 0 Å². The fourth-order valence-corrected chi connectivity index (χ4v) is 3.65. The van der Waals surface area contributed by atoms with E-state index >= 15 is 0 Å². The number of carbonyl (C=O) groups excluding carboxylic acids is 2. The molecule has 0 radical (unpaired) electrons. The zero-order valence-electron chi connectivity index (χ0n) is 16.4. The Morgan fingerprint density at radius 1 is 0.964 bits per heavy atom. The molecule has 0 aliphatic heterocycles. The van der Waals surface area contributed by atoms with Crippen LogP contribution in [0.2, 0.25) is 0 Å². The van der Waals surface area contributed by atoms with Crippen molar-refractivity contribution in [2.75, 3.05) is 6.61 Å². The number of benzene rings is 2. The predicted molar refractivity (Wildman–Crippen MR) is 107 cm³/mol. The lowest BCUT2D eigenvalue weighted by Crippen LogP contribution is -2.51. The zero-order valence-corrected chi connectivity index (χ0v) is 16.4. The van der Waals surface area contributed by atoms with Crippen molar-refractivity contribution in [1.82, 2.24) is 5.32 Å². The van der Waals surface area contributed by atoms with Gasteiger partial charge in [0.05, 0.1) is 6.61 Å². The summed E-state index contributed by atoms with van der Waals surface area (Å²) in [6, 6.07) is 16.6. The molecule has 2 atom stereocenters. The van der Waals surface area contributed by atoms with Gasteiger partial charge < -0.3 is 9.47 Å². The van der Waals surface area contributed by atoms with E-state index < -0.39 is 12.1 Å². The standard InChI is InChI=1S/C23H27NO4/c1-3-27-23(26)21(20-13-18-11-7-8-12-19(18)14-20)24-16(2)22(25)28-15-17-9-5-4-6-10-17/h4-12,16,20-21,24H,3,13-15H2,1-2H3/t16-,21-/m0/s1. The molecule has 5 nitrogen and oxygen atoms in total. The lowest BCUT2D eigenvalue weighted by molar-refractivity contribution is -0.150. The summed E-state index contributed by atoms with van der Waals surface area (Å²) in [5.74, 6) is -0.641. The molecule has 2 aromatic carbocycles. The Morgan fingerprint density at radius 3 is 2.18 bits per heavy atom. The third-order valence-electron chi connectivity index (χ3n) is 5.10. The first kappa shape index (κ1) is 20.1. The van der Waals surface area contributed by atoms with Crippen molar-refractivity contribution in [3.05, 3.63) is 71.3 Å². The van der Waals surface area contributed by atoms with Gasteiger partial charge in [-0.3, -0.25) is 14.9 Å². The molecule has 5 heteroatoms. The van der Waals surface area contributed by atoms with Gasteiger partial charge in [-0.1, -0.05) is 54.6 Å². The maximum absolute atomic E-state index is 12.6. The van der Waals surface area contributed by atoms with Gasteiger partial charge in [0.2, 0.25) is 0 Å². The third-order valence-corrected chi connectivity index (χ3v) is 5.10. The number of nitrogens with one attached hydrogen (secondary N) is 1. The second-order valence-corrected chi connectivity index (χ2v) is 7.15. The number of hydrogen-bond acceptors (Lipinski definition) is 5. The van der Waals surface area contributed by atoms with Crippen LogP contribution in [0.5, 0.6) is 0 Å². The summed E-state index contributed by atoms with van der Waals surface area (Å²) in [5.41, 5.74) is 3.43. The van der Waals surface area contributed by atoms with Gasteiger partial charge in [0.1, 0.15) is 18.7 Å². The van der Waals surface area contributed by atoms with E-state index in [0.29, 0.717) is 6.61 Å². The monoisotopic (exact) mass is 381 g/mol. The lowest BCUT2D eigenvalue weighted by atomic mass is 9.95. The van der Waals surface area contributed by atoms with Crippen molar-refractivity contribution >= 4 is 11.9 Å². The Kier molecular flexibility index (Phi) is 6.82. The molecule has 148 valence electrons. The Labute approximate surface area is 166 Å². The average molecular weight is 381 g/mol. The summed E-state index contributed by atoms with van der Waals surface area (Å²) < 4.78 is 10.7. The minimum absolute atomic E-state index is 0.0563. The molecule has 1 aliphatic rings. The van der Waals surface area contributed by atoms with E-state index in [9.17, 15) is 9.59 Å². The molecule has 0 saturated heterocycles. The maximum atomic E-state index is 12.6. The maximum Gasteiger partial charge on any atom is 0.323 e. The topological polar surface area (TPSA) is 64.6 Å². The summed E-state index contributed by atoms with van der Waals surface area (Å²) >= 11 is 0. The molecule has 3 rings (SSSR count). The van der Waals surface area contributed by atoms with E-state index in [1.165, 1.54) is 11.1 Å². The van der Waals surface area contributed by atoms with Crippen LogP contribution in [0, 0.1) is 5.92 Å². The molecule has 0 amide bonds. The lowest BCUT2D eigenvalue weighted by Gasteiger charge is -2.25. The summed E-state index contributed by atoms with van der Waals surface area (Å²) in [6.07, 6.45) is 1.58. The van der Waals surface area contributed by atoms with Crippen LogP contribution in [0.1, 0.15) is 30.5 Å². The van der Waals surface area contributed by atoms with Crippen LogP contribution in [0.3, 0.4) is 0 Å². The zero-order chi connectivity index (χ0) is 19.9. The summed E-state index contributed by atoms with van der Waals surface area (Å²) in [4.78, 5) is 25.0. The van der Waals surface area contributed by atoms with Gasteiger partial charge in [0.15, 0.2) is 0 Å². The highest BCUT2D eigenvalue weighted by atomic mass is 16.5. The quantitative estimate of drug-likeness (QED) is 0.712. The van der Waals surface area contributed by atoms with Crippen molar-refractivity contribution in [3.63, 3.8) is 0 Å². The Bertz CT molecular complexity index is 780. The van der Waals surface area contributed by atoms with Crippen LogP contribution in [0.4, 0.5) is 0 Å². The van der Waals surface area contributed by atoms with Crippen LogP contribution >= 0.6 is 0 Å². The molecule has 1 aliphatic carbocycles. The Balaban J connectivity index is 1.62. The molecule has 0 aromatic heterocycles. The molecule has 0 saturated carbocycles. The molecule has 1 N–H and O–H groups in total. The highest BCUT2D eigenvalue weighted by molar-refractivity contribution is 5.80. The number of fused-ring (bicyclic) bond motifs is 1. The number of rotatable bonds is 8. The highest BCUT2D eigenvalue weighted by Crippen LogP contribution is 2.29. The van der Waals surface area contributed by atoms with Crippen LogP contribution in [-0.2, 0) is 38.5 Å². The van der Waals surface area contributed by atoms with E-state index in [2.05, 4.69) is 17.4 Å². The molecule has 0 unspecified atom stereocenters. The second-order valence-electron chi connectivity index (χ2n) is 7.15. The molecule has 28 heavy (non-hydrogen) atoms. The first-order valence-corrected chi connectivity index (χ1v) is 9.78. The number of ether oxygens (including phenoxy) is 2. The molecule has 2 aromatic rings. The first-order valence-electron chi connectivity index (χ1n) is 9.78. The van der Waals surface area contributed by atoms with Crippen molar-refractivity contribution in [3.8, 4) is 0 Å². The van der Waals surface area contributed by atoms with Crippen LogP contribution in [0.25, 0.3) is 0 Å². The SMILES string of the molecule is CCOC(=O)[C@@H](N[C@@H](C)C(=O)OCc1ccccc1)C1Cc2ccccc2C1. The third kappa shape index (κ3) is 4.98. The Morgan fingerprint density at radius 2 is 1.57 bits per heavy atom. The van der Waals surface area contributed by atoms with Gasteiger partial charge in [-0.15, -0.1) is 0 Å². The van der Waals surface area contributed by atoms with E-state index in [0.717, 1.165) is 18.4 Å². The molecular formula is C23H27NO4. The molecule has 0 bridgehead atoms. The Hall–Kier alpha value is -2.66. The normalized spacial score (nSPS) is 15.5. The van der Waals surface area contributed by atoms with Crippen molar-refractivity contribution < 1.29 is 19.1 Å². The van der Waals surface area contributed by atoms with Gasteiger partial charge in [-0.05, 0) is 49.3 Å².